The topological polar surface area (TPSA) is 66.2 Å². The van der Waals surface area contributed by atoms with Crippen molar-refractivity contribution < 1.29 is 9.48 Å². The molecule has 4 nitrogen and oxygen atoms in total. The number of nitrogens with zero attached hydrogens (tertiary/aromatic N) is 1. The molecule has 1 unspecified atom stereocenters. The van der Waals surface area contributed by atoms with Gasteiger partial charge in [0.2, 0.25) is 0 Å². The van der Waals surface area contributed by atoms with E-state index in [1.54, 1.807) is 23.6 Å². The maximum absolute atomic E-state index is 12.0. The Morgan fingerprint density at radius 1 is 1.10 bits per heavy atom. The van der Waals surface area contributed by atoms with Gasteiger partial charge in [-0.2, -0.15) is 0 Å². The van der Waals surface area contributed by atoms with E-state index in [0.29, 0.717) is 5.75 Å². The lowest BCUT2D eigenvalue weighted by Gasteiger charge is -2.05. The summed E-state index contributed by atoms with van der Waals surface area (Å²) in [6, 6.07) is 14.0. The second-order valence-electron chi connectivity index (χ2n) is 4.30. The van der Waals surface area contributed by atoms with E-state index < -0.39 is 16.1 Å². The van der Waals surface area contributed by atoms with Gasteiger partial charge in [0, 0.05) is 21.3 Å². The van der Waals surface area contributed by atoms with Crippen molar-refractivity contribution in [3.8, 4) is 0 Å². The molecule has 0 aliphatic heterocycles. The van der Waals surface area contributed by atoms with E-state index in [1.165, 1.54) is 12.1 Å². The molecule has 0 aliphatic carbocycles. The fourth-order valence-corrected chi connectivity index (χ4v) is 2.94. The number of non-ortho nitro benzene ring substituents is 1. The number of hydrogen-bond acceptors (Lipinski definition) is 3. The molecule has 6 heteroatoms. The van der Waals surface area contributed by atoms with Crippen LogP contribution in [0.15, 0.2) is 53.9 Å². The monoisotopic (exact) mass is 413 g/mol. The zero-order valence-corrected chi connectivity index (χ0v) is 13.9. The molecule has 0 aliphatic rings. The number of nitro groups is 1. The van der Waals surface area contributed by atoms with Crippen LogP contribution in [-0.4, -0.2) is 9.48 Å². The summed E-state index contributed by atoms with van der Waals surface area (Å²) in [6.07, 6.45) is 1.71. The number of benzene rings is 2. The Morgan fingerprint density at radius 2 is 1.71 bits per heavy atom. The number of hydrogen-bond donors (Lipinski definition) is 0. The number of halogens is 1. The molecule has 0 spiro atoms. The Bertz CT molecular complexity index is 641. The van der Waals surface area contributed by atoms with Gasteiger partial charge < -0.3 is 4.55 Å². The maximum atomic E-state index is 12.0. The van der Waals surface area contributed by atoms with Crippen LogP contribution < -0.4 is 0 Å². The minimum Gasteiger partial charge on any atom is -0.612 e. The standard InChI is InChI=1S/C15H12INO3S/c16-14-5-1-13(2-6-14)11-21(20)10-9-12-3-7-15(8-4-12)17(18)19/h1-10H,11H2/b10-9+. The summed E-state index contributed by atoms with van der Waals surface area (Å²) in [4.78, 5) is 10.1. The Morgan fingerprint density at radius 3 is 2.29 bits per heavy atom. The van der Waals surface area contributed by atoms with E-state index in [0.717, 1.165) is 14.7 Å². The Labute approximate surface area is 139 Å². The molecule has 0 N–H and O–H groups in total. The lowest BCUT2D eigenvalue weighted by molar-refractivity contribution is -0.384. The van der Waals surface area contributed by atoms with Crippen molar-refractivity contribution in [1.82, 2.24) is 0 Å². The van der Waals surface area contributed by atoms with Gasteiger partial charge in [-0.1, -0.05) is 12.1 Å². The molecular formula is C15H12INO3S. The van der Waals surface area contributed by atoms with Crippen molar-refractivity contribution in [3.05, 3.63) is 78.8 Å². The van der Waals surface area contributed by atoms with Crippen LogP contribution in [0, 0.1) is 13.7 Å². The van der Waals surface area contributed by atoms with Gasteiger partial charge in [0.1, 0.15) is 11.2 Å². The first-order valence-electron chi connectivity index (χ1n) is 6.09. The molecule has 0 bridgehead atoms. The maximum Gasteiger partial charge on any atom is 0.269 e. The highest BCUT2D eigenvalue weighted by molar-refractivity contribution is 14.1. The van der Waals surface area contributed by atoms with Gasteiger partial charge in [-0.3, -0.25) is 10.1 Å². The summed E-state index contributed by atoms with van der Waals surface area (Å²) in [7, 11) is 0. The largest absolute Gasteiger partial charge is 0.612 e. The molecule has 0 saturated carbocycles. The molecule has 0 amide bonds. The molecule has 0 aromatic heterocycles. The summed E-state index contributed by atoms with van der Waals surface area (Å²) < 4.78 is 13.1. The average Bonchev–Trinajstić information content (AvgIpc) is 2.48. The normalized spacial score (nSPS) is 12.5. The third kappa shape index (κ3) is 5.14. The van der Waals surface area contributed by atoms with Crippen LogP contribution in [0.1, 0.15) is 11.1 Å². The fraction of sp³-hybridized carbons (Fsp3) is 0.0667. The van der Waals surface area contributed by atoms with Crippen molar-refractivity contribution in [2.24, 2.45) is 0 Å². The predicted octanol–water partition coefficient (Wildman–Crippen LogP) is 4.12. The number of rotatable bonds is 5. The minimum absolute atomic E-state index is 0.0483. The van der Waals surface area contributed by atoms with E-state index in [1.807, 2.05) is 24.3 Å². The van der Waals surface area contributed by atoms with E-state index in [-0.39, 0.29) is 5.69 Å². The van der Waals surface area contributed by atoms with Crippen LogP contribution in [-0.2, 0) is 16.9 Å². The molecule has 2 rings (SSSR count). The Balaban J connectivity index is 1.96. The summed E-state index contributed by atoms with van der Waals surface area (Å²) in [5, 5.41) is 12.2. The average molecular weight is 413 g/mol. The fourth-order valence-electron chi connectivity index (χ4n) is 1.65. The first-order chi connectivity index (χ1) is 10.0. The molecule has 108 valence electrons. The van der Waals surface area contributed by atoms with Crippen molar-refractivity contribution >= 4 is 45.5 Å². The quantitative estimate of drug-likeness (QED) is 0.321. The van der Waals surface area contributed by atoms with Gasteiger partial charge in [0.05, 0.1) is 4.92 Å². The van der Waals surface area contributed by atoms with Crippen LogP contribution in [0.25, 0.3) is 6.08 Å². The summed E-state index contributed by atoms with van der Waals surface area (Å²) in [5.41, 5.74) is 1.85. The Hall–Kier alpha value is -1.38. The second kappa shape index (κ2) is 7.58. The third-order valence-electron chi connectivity index (χ3n) is 2.74. The summed E-state index contributed by atoms with van der Waals surface area (Å²) in [5.74, 6) is 0.459. The third-order valence-corrected chi connectivity index (χ3v) is 4.52. The highest BCUT2D eigenvalue weighted by atomic mass is 127. The van der Waals surface area contributed by atoms with E-state index in [2.05, 4.69) is 22.6 Å². The highest BCUT2D eigenvalue weighted by Gasteiger charge is 2.05. The first-order valence-corrected chi connectivity index (χ1v) is 8.55. The van der Waals surface area contributed by atoms with Gasteiger partial charge in [0.15, 0.2) is 0 Å². The molecule has 0 heterocycles. The van der Waals surface area contributed by atoms with Crippen LogP contribution in [0.3, 0.4) is 0 Å². The van der Waals surface area contributed by atoms with Crippen molar-refractivity contribution in [2.45, 2.75) is 5.75 Å². The van der Waals surface area contributed by atoms with Crippen LogP contribution >= 0.6 is 22.6 Å². The van der Waals surface area contributed by atoms with E-state index in [9.17, 15) is 14.7 Å². The Kier molecular flexibility index (Phi) is 5.77. The molecule has 1 atom stereocenters. The zero-order valence-electron chi connectivity index (χ0n) is 10.9. The van der Waals surface area contributed by atoms with E-state index in [4.69, 9.17) is 0 Å². The van der Waals surface area contributed by atoms with Gasteiger partial charge in [-0.25, -0.2) is 0 Å². The van der Waals surface area contributed by atoms with Crippen molar-refractivity contribution in [3.63, 3.8) is 0 Å². The highest BCUT2D eigenvalue weighted by Crippen LogP contribution is 2.15. The summed E-state index contributed by atoms with van der Waals surface area (Å²) in [6.45, 7) is 0. The lowest BCUT2D eigenvalue weighted by atomic mass is 10.2. The molecular weight excluding hydrogens is 401 g/mol. The lowest BCUT2D eigenvalue weighted by Crippen LogP contribution is -1.99. The van der Waals surface area contributed by atoms with Crippen LogP contribution in [0.4, 0.5) is 5.69 Å². The molecule has 2 aromatic rings. The number of nitro benzene ring substituents is 1. The van der Waals surface area contributed by atoms with Gasteiger partial charge >= 0.3 is 0 Å². The van der Waals surface area contributed by atoms with E-state index >= 15 is 0 Å². The van der Waals surface area contributed by atoms with Crippen LogP contribution in [0.2, 0.25) is 0 Å². The van der Waals surface area contributed by atoms with Crippen LogP contribution in [0.5, 0.6) is 0 Å². The second-order valence-corrected chi connectivity index (χ2v) is 6.87. The zero-order chi connectivity index (χ0) is 15.2. The molecule has 0 radical (unpaired) electrons. The van der Waals surface area contributed by atoms with Crippen molar-refractivity contribution in [2.75, 3.05) is 0 Å². The van der Waals surface area contributed by atoms with Crippen molar-refractivity contribution in [1.29, 1.82) is 0 Å². The minimum atomic E-state index is -1.11. The molecule has 0 fully saturated rings. The predicted molar refractivity (Wildman–Crippen MR) is 93.1 cm³/mol. The molecule has 0 saturated heterocycles. The molecule has 21 heavy (non-hydrogen) atoms. The smallest absolute Gasteiger partial charge is 0.269 e. The first kappa shape index (κ1) is 16.0. The SMILES string of the molecule is O=[N+]([O-])c1ccc(/C=C/[S+]([O-])Cc2ccc(I)cc2)cc1. The van der Waals surface area contributed by atoms with Gasteiger partial charge in [-0.15, -0.1) is 0 Å². The summed E-state index contributed by atoms with van der Waals surface area (Å²) >= 11 is 1.11. The van der Waals surface area contributed by atoms with Gasteiger partial charge in [-0.05, 0) is 69.7 Å². The van der Waals surface area contributed by atoms with Gasteiger partial charge in [0.25, 0.3) is 5.69 Å². The molecule has 2 aromatic carbocycles.